The molecule has 1 aliphatic rings. The van der Waals surface area contributed by atoms with Crippen LogP contribution in [0, 0.1) is 0 Å². The third kappa shape index (κ3) is 7.14. The molecule has 7 nitrogen and oxygen atoms in total. The van der Waals surface area contributed by atoms with Gasteiger partial charge in [-0.3, -0.25) is 9.69 Å². The maximum absolute atomic E-state index is 12.5. The number of hydrogen-bond acceptors (Lipinski definition) is 5. The first kappa shape index (κ1) is 23.4. The van der Waals surface area contributed by atoms with Crippen molar-refractivity contribution in [3.8, 4) is 0 Å². The number of morpholine rings is 1. The summed E-state index contributed by atoms with van der Waals surface area (Å²) in [5.74, 6) is -0.0795. The first-order chi connectivity index (χ1) is 14.9. The summed E-state index contributed by atoms with van der Waals surface area (Å²) in [6.07, 6.45) is 0.744. The molecule has 0 bridgehead atoms. The second kappa shape index (κ2) is 11.4. The van der Waals surface area contributed by atoms with Crippen LogP contribution in [0.5, 0.6) is 0 Å². The Morgan fingerprint density at radius 1 is 1.06 bits per heavy atom. The summed E-state index contributed by atoms with van der Waals surface area (Å²) in [7, 11) is -1.98. The highest BCUT2D eigenvalue weighted by atomic mass is 32.2. The highest BCUT2D eigenvalue weighted by molar-refractivity contribution is 7.89. The molecule has 0 radical (unpaired) electrons. The molecule has 0 unspecified atom stereocenters. The van der Waals surface area contributed by atoms with E-state index in [-0.39, 0.29) is 17.2 Å². The predicted molar refractivity (Wildman–Crippen MR) is 120 cm³/mol. The van der Waals surface area contributed by atoms with E-state index >= 15 is 0 Å². The Labute approximate surface area is 185 Å². The number of hydrogen-bond donors (Lipinski definition) is 1. The number of ether oxygens (including phenoxy) is 1. The van der Waals surface area contributed by atoms with E-state index < -0.39 is 10.0 Å². The molecular formula is C23H31N3O4S. The zero-order valence-electron chi connectivity index (χ0n) is 18.0. The van der Waals surface area contributed by atoms with Crippen LogP contribution in [0.4, 0.5) is 0 Å². The molecule has 0 spiro atoms. The van der Waals surface area contributed by atoms with E-state index in [1.807, 2.05) is 12.1 Å². The van der Waals surface area contributed by atoms with Gasteiger partial charge in [-0.15, -0.1) is 0 Å². The fourth-order valence-corrected chi connectivity index (χ4v) is 4.73. The summed E-state index contributed by atoms with van der Waals surface area (Å²) in [4.78, 5) is 14.8. The zero-order chi connectivity index (χ0) is 22.1. The molecule has 8 heteroatoms. The van der Waals surface area contributed by atoms with Crippen molar-refractivity contribution in [2.75, 3.05) is 39.9 Å². The summed E-state index contributed by atoms with van der Waals surface area (Å²) in [5, 5.41) is 2.93. The predicted octanol–water partition coefficient (Wildman–Crippen LogP) is 2.24. The molecule has 1 N–H and O–H groups in total. The van der Waals surface area contributed by atoms with Crippen LogP contribution in [0.1, 0.15) is 24.0 Å². The van der Waals surface area contributed by atoms with Crippen molar-refractivity contribution < 1.29 is 17.9 Å². The van der Waals surface area contributed by atoms with Crippen LogP contribution in [0.3, 0.4) is 0 Å². The number of rotatable bonds is 10. The number of benzene rings is 2. The van der Waals surface area contributed by atoms with Crippen molar-refractivity contribution in [3.05, 3.63) is 65.7 Å². The lowest BCUT2D eigenvalue weighted by molar-refractivity contribution is -0.121. The van der Waals surface area contributed by atoms with Crippen LogP contribution in [0.15, 0.2) is 59.5 Å². The molecule has 1 fully saturated rings. The average Bonchev–Trinajstić information content (AvgIpc) is 2.79. The van der Waals surface area contributed by atoms with E-state index in [0.717, 1.165) is 38.4 Å². The molecule has 0 atom stereocenters. The van der Waals surface area contributed by atoms with Crippen LogP contribution in [-0.2, 0) is 32.6 Å². The lowest BCUT2D eigenvalue weighted by atomic mass is 10.1. The molecule has 1 amide bonds. The van der Waals surface area contributed by atoms with E-state index in [9.17, 15) is 13.2 Å². The van der Waals surface area contributed by atoms with Gasteiger partial charge in [0.15, 0.2) is 0 Å². The summed E-state index contributed by atoms with van der Waals surface area (Å²) >= 11 is 0. The van der Waals surface area contributed by atoms with Gasteiger partial charge in [-0.1, -0.05) is 42.5 Å². The van der Waals surface area contributed by atoms with Crippen LogP contribution in [-0.4, -0.2) is 63.4 Å². The quantitative estimate of drug-likeness (QED) is 0.607. The van der Waals surface area contributed by atoms with Crippen LogP contribution < -0.4 is 5.32 Å². The smallest absolute Gasteiger partial charge is 0.242 e. The van der Waals surface area contributed by atoms with Gasteiger partial charge in [0.25, 0.3) is 0 Å². The van der Waals surface area contributed by atoms with Crippen molar-refractivity contribution in [1.29, 1.82) is 0 Å². The number of nitrogens with zero attached hydrogens (tertiary/aromatic N) is 2. The molecule has 3 rings (SSSR count). The monoisotopic (exact) mass is 445 g/mol. The Kier molecular flexibility index (Phi) is 8.60. The van der Waals surface area contributed by atoms with Gasteiger partial charge in [0.1, 0.15) is 0 Å². The van der Waals surface area contributed by atoms with Gasteiger partial charge in [0.2, 0.25) is 15.9 Å². The lowest BCUT2D eigenvalue weighted by Crippen LogP contribution is -2.35. The van der Waals surface area contributed by atoms with E-state index in [1.54, 1.807) is 37.4 Å². The molecule has 168 valence electrons. The normalized spacial score (nSPS) is 15.2. The Balaban J connectivity index is 1.40. The summed E-state index contributed by atoms with van der Waals surface area (Å²) < 4.78 is 31.7. The Hall–Kier alpha value is -2.26. The van der Waals surface area contributed by atoms with E-state index in [0.29, 0.717) is 19.5 Å². The first-order valence-corrected chi connectivity index (χ1v) is 12.0. The summed E-state index contributed by atoms with van der Waals surface area (Å²) in [6.45, 7) is 5.07. The number of sulfonamides is 1. The van der Waals surface area contributed by atoms with Gasteiger partial charge in [-0.25, -0.2) is 12.7 Å². The topological polar surface area (TPSA) is 79.0 Å². The van der Waals surface area contributed by atoms with Crippen molar-refractivity contribution in [3.63, 3.8) is 0 Å². The molecule has 1 aliphatic heterocycles. The molecule has 1 saturated heterocycles. The van der Waals surface area contributed by atoms with Gasteiger partial charge in [0.05, 0.1) is 18.1 Å². The number of carbonyl (C=O) groups is 1. The fourth-order valence-electron chi connectivity index (χ4n) is 3.50. The number of nitrogens with one attached hydrogen (secondary N) is 1. The van der Waals surface area contributed by atoms with Crippen LogP contribution in [0.2, 0.25) is 0 Å². The van der Waals surface area contributed by atoms with Gasteiger partial charge in [0, 0.05) is 46.2 Å². The van der Waals surface area contributed by atoms with Gasteiger partial charge >= 0.3 is 0 Å². The maximum Gasteiger partial charge on any atom is 0.242 e. The largest absolute Gasteiger partial charge is 0.379 e. The van der Waals surface area contributed by atoms with E-state index in [1.165, 1.54) is 9.87 Å². The second-order valence-electron chi connectivity index (χ2n) is 7.73. The SMILES string of the molecule is CN(CCCC(=O)NCc1cccc(CN2CCOCC2)c1)S(=O)(=O)c1ccccc1. The van der Waals surface area contributed by atoms with Gasteiger partial charge in [-0.2, -0.15) is 0 Å². The van der Waals surface area contributed by atoms with Crippen molar-refractivity contribution in [2.45, 2.75) is 30.8 Å². The average molecular weight is 446 g/mol. The minimum Gasteiger partial charge on any atom is -0.379 e. The van der Waals surface area contributed by atoms with Crippen LogP contribution in [0.25, 0.3) is 0 Å². The minimum absolute atomic E-state index is 0.0795. The molecule has 1 heterocycles. The van der Waals surface area contributed by atoms with E-state index in [2.05, 4.69) is 22.3 Å². The number of amides is 1. The van der Waals surface area contributed by atoms with E-state index in [4.69, 9.17) is 4.74 Å². The van der Waals surface area contributed by atoms with Crippen molar-refractivity contribution >= 4 is 15.9 Å². The van der Waals surface area contributed by atoms with Crippen molar-refractivity contribution in [2.24, 2.45) is 0 Å². The molecule has 0 saturated carbocycles. The van der Waals surface area contributed by atoms with Crippen molar-refractivity contribution in [1.82, 2.24) is 14.5 Å². The second-order valence-corrected chi connectivity index (χ2v) is 9.77. The zero-order valence-corrected chi connectivity index (χ0v) is 18.8. The molecule has 0 aromatic heterocycles. The third-order valence-corrected chi connectivity index (χ3v) is 7.19. The maximum atomic E-state index is 12.5. The molecule has 0 aliphatic carbocycles. The lowest BCUT2D eigenvalue weighted by Gasteiger charge is -2.26. The molecule has 2 aromatic carbocycles. The Morgan fingerprint density at radius 3 is 2.52 bits per heavy atom. The highest BCUT2D eigenvalue weighted by Gasteiger charge is 2.20. The molecule has 31 heavy (non-hydrogen) atoms. The third-order valence-electron chi connectivity index (χ3n) is 5.32. The highest BCUT2D eigenvalue weighted by Crippen LogP contribution is 2.14. The minimum atomic E-state index is -3.52. The standard InChI is InChI=1S/C23H31N3O4S/c1-25(31(28,29)22-9-3-2-4-10-22)12-6-11-23(27)24-18-20-7-5-8-21(17-20)19-26-13-15-30-16-14-26/h2-5,7-10,17H,6,11-16,18-19H2,1H3,(H,24,27). The van der Waals surface area contributed by atoms with Gasteiger partial charge in [-0.05, 0) is 29.7 Å². The molecular weight excluding hydrogens is 414 g/mol. The number of carbonyl (C=O) groups excluding carboxylic acids is 1. The Bertz CT molecular complexity index is 944. The van der Waals surface area contributed by atoms with Crippen LogP contribution >= 0.6 is 0 Å². The summed E-state index contributed by atoms with van der Waals surface area (Å²) in [5.41, 5.74) is 2.28. The van der Waals surface area contributed by atoms with Gasteiger partial charge < -0.3 is 10.1 Å². The summed E-state index contributed by atoms with van der Waals surface area (Å²) in [6, 6.07) is 16.6. The molecule has 2 aromatic rings. The Morgan fingerprint density at radius 2 is 1.77 bits per heavy atom. The first-order valence-electron chi connectivity index (χ1n) is 10.6. The fraction of sp³-hybridized carbons (Fsp3) is 0.435.